The minimum Gasteiger partial charge on any atom is -0.493 e. The maximum absolute atomic E-state index is 6.55. The van der Waals surface area contributed by atoms with Crippen LogP contribution < -0.4 is 25.4 Å². The summed E-state index contributed by atoms with van der Waals surface area (Å²) in [6.07, 6.45) is 6.07. The first-order valence-corrected chi connectivity index (χ1v) is 11.1. The van der Waals surface area contributed by atoms with Crippen LogP contribution in [0, 0.1) is 10.8 Å². The molecule has 2 fully saturated rings. The number of nitrogen functional groups attached to an aromatic ring is 1. The molecule has 0 radical (unpaired) electrons. The average molecular weight is 426 g/mol. The van der Waals surface area contributed by atoms with Crippen LogP contribution in [0.2, 0.25) is 0 Å². The van der Waals surface area contributed by atoms with Crippen molar-refractivity contribution in [3.05, 3.63) is 30.1 Å². The summed E-state index contributed by atoms with van der Waals surface area (Å²) in [5, 5.41) is 3.40. The molecule has 4 rings (SSSR count). The van der Waals surface area contributed by atoms with E-state index < -0.39 is 0 Å². The van der Waals surface area contributed by atoms with E-state index in [4.69, 9.17) is 15.2 Å². The summed E-state index contributed by atoms with van der Waals surface area (Å²) in [5.74, 6) is 3.04. The van der Waals surface area contributed by atoms with Gasteiger partial charge in [0.05, 0.1) is 14.2 Å². The summed E-state index contributed by atoms with van der Waals surface area (Å²) in [5.41, 5.74) is 9.03. The van der Waals surface area contributed by atoms with Crippen molar-refractivity contribution < 1.29 is 9.47 Å². The van der Waals surface area contributed by atoms with E-state index in [1.807, 2.05) is 18.2 Å². The molecule has 1 aliphatic carbocycles. The second-order valence-electron chi connectivity index (χ2n) is 10.2. The third kappa shape index (κ3) is 4.36. The summed E-state index contributed by atoms with van der Waals surface area (Å²) in [4.78, 5) is 11.4. The summed E-state index contributed by atoms with van der Waals surface area (Å²) in [6.45, 7) is 8.88. The van der Waals surface area contributed by atoms with Gasteiger partial charge in [-0.3, -0.25) is 0 Å². The smallest absolute Gasteiger partial charge is 0.160 e. The Balaban J connectivity index is 1.45. The molecule has 2 unspecified atom stereocenters. The first kappa shape index (κ1) is 21.5. The molecule has 0 spiro atoms. The number of benzene rings is 1. The van der Waals surface area contributed by atoms with Crippen LogP contribution >= 0.6 is 0 Å². The zero-order valence-corrected chi connectivity index (χ0v) is 19.4. The maximum Gasteiger partial charge on any atom is 0.160 e. The van der Waals surface area contributed by atoms with Crippen molar-refractivity contribution in [1.82, 2.24) is 9.97 Å². The fourth-order valence-electron chi connectivity index (χ4n) is 5.82. The van der Waals surface area contributed by atoms with E-state index in [1.165, 1.54) is 19.3 Å². The Morgan fingerprint density at radius 3 is 2.65 bits per heavy atom. The Hall–Kier alpha value is -2.70. The molecule has 7 nitrogen and oxygen atoms in total. The van der Waals surface area contributed by atoms with Crippen LogP contribution in [0.1, 0.15) is 45.6 Å². The molecule has 31 heavy (non-hydrogen) atoms. The van der Waals surface area contributed by atoms with Crippen LogP contribution in [-0.2, 0) is 6.42 Å². The molecule has 2 atom stereocenters. The van der Waals surface area contributed by atoms with Crippen LogP contribution in [0.25, 0.3) is 0 Å². The lowest BCUT2D eigenvalue weighted by atomic mass is 9.65. The van der Waals surface area contributed by atoms with Crippen molar-refractivity contribution in [2.24, 2.45) is 10.8 Å². The molecular formula is C24H35N5O2. The molecule has 2 aliphatic rings. The summed E-state index contributed by atoms with van der Waals surface area (Å²) in [7, 11) is 3.29. The summed E-state index contributed by atoms with van der Waals surface area (Å²) in [6, 6.07) is 6.47. The number of rotatable bonds is 7. The number of nitrogens with two attached hydrogens (primary N) is 1. The zero-order valence-electron chi connectivity index (χ0n) is 19.4. The second kappa shape index (κ2) is 8.09. The number of hydrogen-bond acceptors (Lipinski definition) is 7. The number of methoxy groups -OCH3 is 2. The van der Waals surface area contributed by atoms with E-state index in [9.17, 15) is 0 Å². The van der Waals surface area contributed by atoms with Gasteiger partial charge in [0.15, 0.2) is 23.1 Å². The molecule has 2 bridgehead atoms. The van der Waals surface area contributed by atoms with Gasteiger partial charge in [0.1, 0.15) is 12.0 Å². The highest BCUT2D eigenvalue weighted by Gasteiger charge is 2.50. The van der Waals surface area contributed by atoms with E-state index in [1.54, 1.807) is 20.5 Å². The first-order chi connectivity index (χ1) is 14.7. The lowest BCUT2D eigenvalue weighted by molar-refractivity contribution is 0.136. The molecule has 1 saturated heterocycles. The molecule has 1 aliphatic heterocycles. The Morgan fingerprint density at radius 2 is 1.90 bits per heavy atom. The third-order valence-corrected chi connectivity index (χ3v) is 6.70. The lowest BCUT2D eigenvalue weighted by Crippen LogP contribution is -2.35. The van der Waals surface area contributed by atoms with Crippen molar-refractivity contribution in [1.29, 1.82) is 0 Å². The van der Waals surface area contributed by atoms with Gasteiger partial charge in [0.2, 0.25) is 0 Å². The van der Waals surface area contributed by atoms with Crippen molar-refractivity contribution in [2.45, 2.75) is 52.5 Å². The molecular weight excluding hydrogens is 390 g/mol. The highest BCUT2D eigenvalue weighted by molar-refractivity contribution is 5.75. The van der Waals surface area contributed by atoms with Crippen LogP contribution in [-0.4, -0.2) is 43.3 Å². The number of aromatic nitrogens is 2. The van der Waals surface area contributed by atoms with Crippen molar-refractivity contribution in [3.63, 3.8) is 0 Å². The van der Waals surface area contributed by atoms with Gasteiger partial charge in [-0.1, -0.05) is 26.8 Å². The first-order valence-electron chi connectivity index (χ1n) is 11.1. The van der Waals surface area contributed by atoms with Gasteiger partial charge < -0.3 is 25.4 Å². The minimum atomic E-state index is 0.324. The van der Waals surface area contributed by atoms with Gasteiger partial charge in [0, 0.05) is 19.1 Å². The van der Waals surface area contributed by atoms with Gasteiger partial charge in [-0.2, -0.15) is 0 Å². The Bertz CT molecular complexity index is 948. The predicted octanol–water partition coefficient (Wildman–Crippen LogP) is 4.14. The number of hydrogen-bond donors (Lipinski definition) is 2. The maximum atomic E-state index is 6.55. The molecule has 2 aromatic rings. The van der Waals surface area contributed by atoms with Crippen molar-refractivity contribution >= 4 is 17.3 Å². The van der Waals surface area contributed by atoms with E-state index in [-0.39, 0.29) is 0 Å². The van der Waals surface area contributed by atoms with E-state index in [0.717, 1.165) is 35.8 Å². The van der Waals surface area contributed by atoms with Crippen LogP contribution in [0.4, 0.5) is 17.3 Å². The molecule has 3 N–H and O–H groups in total. The van der Waals surface area contributed by atoms with Gasteiger partial charge in [-0.05, 0) is 54.2 Å². The monoisotopic (exact) mass is 425 g/mol. The fraction of sp³-hybridized carbons (Fsp3) is 0.583. The molecule has 7 heteroatoms. The normalized spacial score (nSPS) is 24.2. The Labute approximate surface area is 185 Å². The number of fused-ring (bicyclic) bond motifs is 2. The molecule has 1 aromatic carbocycles. The van der Waals surface area contributed by atoms with Crippen LogP contribution in [0.5, 0.6) is 11.5 Å². The standard InChI is InChI=1S/C24H35N5O2/c1-23(2)11-17-12-24(3,13-23)14-29(17)22-20(25)21(27-15-28-22)26-9-8-16-6-7-18(30-4)19(10-16)31-5/h6-7,10,15,17H,8-9,11-14,25H2,1-5H3,(H,26,27,28). The summed E-state index contributed by atoms with van der Waals surface area (Å²) < 4.78 is 10.7. The second-order valence-corrected chi connectivity index (χ2v) is 10.2. The molecule has 1 aromatic heterocycles. The third-order valence-electron chi connectivity index (χ3n) is 6.70. The molecule has 2 heterocycles. The lowest BCUT2D eigenvalue weighted by Gasteiger charge is -2.39. The molecule has 168 valence electrons. The zero-order chi connectivity index (χ0) is 22.2. The minimum absolute atomic E-state index is 0.324. The quantitative estimate of drug-likeness (QED) is 0.690. The highest BCUT2D eigenvalue weighted by Crippen LogP contribution is 2.53. The predicted molar refractivity (Wildman–Crippen MR) is 125 cm³/mol. The molecule has 1 saturated carbocycles. The van der Waals surface area contributed by atoms with E-state index >= 15 is 0 Å². The van der Waals surface area contributed by atoms with E-state index in [2.05, 4.69) is 41.0 Å². The number of ether oxygens (including phenoxy) is 2. The van der Waals surface area contributed by atoms with Gasteiger partial charge in [-0.25, -0.2) is 9.97 Å². The highest BCUT2D eigenvalue weighted by atomic mass is 16.5. The summed E-state index contributed by atoms with van der Waals surface area (Å²) >= 11 is 0. The Kier molecular flexibility index (Phi) is 5.62. The molecule has 0 amide bonds. The van der Waals surface area contributed by atoms with Crippen molar-refractivity contribution in [2.75, 3.05) is 43.3 Å². The van der Waals surface area contributed by atoms with Gasteiger partial charge in [0.25, 0.3) is 0 Å². The van der Waals surface area contributed by atoms with Gasteiger partial charge >= 0.3 is 0 Å². The fourth-order valence-corrected chi connectivity index (χ4v) is 5.82. The largest absolute Gasteiger partial charge is 0.493 e. The average Bonchev–Trinajstić information content (AvgIpc) is 2.97. The van der Waals surface area contributed by atoms with Crippen LogP contribution in [0.15, 0.2) is 24.5 Å². The van der Waals surface area contributed by atoms with Crippen LogP contribution in [0.3, 0.4) is 0 Å². The van der Waals surface area contributed by atoms with Crippen molar-refractivity contribution in [3.8, 4) is 11.5 Å². The SMILES string of the molecule is COc1ccc(CCNc2ncnc(N3CC4(C)CC3CC(C)(C)C4)c2N)cc1OC. The number of nitrogens with zero attached hydrogens (tertiary/aromatic N) is 3. The van der Waals surface area contributed by atoms with Gasteiger partial charge in [-0.15, -0.1) is 0 Å². The number of nitrogens with one attached hydrogen (secondary N) is 1. The topological polar surface area (TPSA) is 85.5 Å². The number of anilines is 3. The Morgan fingerprint density at radius 1 is 1.13 bits per heavy atom. The van der Waals surface area contributed by atoms with E-state index in [0.29, 0.717) is 34.9 Å².